The number of rotatable bonds is 5. The van der Waals surface area contributed by atoms with Crippen LogP contribution < -0.4 is 10.2 Å². The lowest BCUT2D eigenvalue weighted by molar-refractivity contribution is -0.123. The minimum atomic E-state index is -0.417. The van der Waals surface area contributed by atoms with Gasteiger partial charge in [0.1, 0.15) is 11.5 Å². The molecule has 0 bridgehead atoms. The standard InChI is InChI=1S/C16H12Br3ClN2O3/c1-8-4-9(20)2-3-13(8)25-7-14(23)22-21-6-10-11(17)5-12(18)16(24)15(10)19/h2-6,24H,7H2,1H3,(H,22,23)/b21-6-. The average molecular weight is 555 g/mol. The highest BCUT2D eigenvalue weighted by Crippen LogP contribution is 2.38. The number of nitrogens with one attached hydrogen (secondary N) is 1. The number of amides is 1. The van der Waals surface area contributed by atoms with E-state index < -0.39 is 5.91 Å². The van der Waals surface area contributed by atoms with Gasteiger partial charge >= 0.3 is 0 Å². The van der Waals surface area contributed by atoms with E-state index in [0.717, 1.165) is 5.56 Å². The zero-order valence-electron chi connectivity index (χ0n) is 12.8. The van der Waals surface area contributed by atoms with E-state index in [2.05, 4.69) is 58.3 Å². The van der Waals surface area contributed by atoms with E-state index in [4.69, 9.17) is 16.3 Å². The van der Waals surface area contributed by atoms with E-state index in [-0.39, 0.29) is 12.4 Å². The van der Waals surface area contributed by atoms with Gasteiger partial charge in [0, 0.05) is 15.1 Å². The Morgan fingerprint density at radius 1 is 1.32 bits per heavy atom. The van der Waals surface area contributed by atoms with Gasteiger partial charge in [-0.25, -0.2) is 5.43 Å². The second-order valence-corrected chi connectivity index (χ2v) is 7.85. The number of carbonyl (C=O) groups excluding carboxylic acids is 1. The first-order chi connectivity index (χ1) is 11.8. The molecular formula is C16H12Br3ClN2O3. The van der Waals surface area contributed by atoms with Gasteiger partial charge in [-0.1, -0.05) is 27.5 Å². The summed E-state index contributed by atoms with van der Waals surface area (Å²) >= 11 is 15.7. The molecule has 9 heteroatoms. The van der Waals surface area contributed by atoms with Gasteiger partial charge < -0.3 is 9.84 Å². The van der Waals surface area contributed by atoms with Gasteiger partial charge in [0.05, 0.1) is 15.2 Å². The summed E-state index contributed by atoms with van der Waals surface area (Å²) in [4.78, 5) is 11.8. The van der Waals surface area contributed by atoms with E-state index in [1.54, 1.807) is 24.3 Å². The van der Waals surface area contributed by atoms with E-state index >= 15 is 0 Å². The molecule has 0 aliphatic carbocycles. The highest BCUT2D eigenvalue weighted by molar-refractivity contribution is 9.11. The number of nitrogens with zero attached hydrogens (tertiary/aromatic N) is 1. The monoisotopic (exact) mass is 552 g/mol. The lowest BCUT2D eigenvalue weighted by Gasteiger charge is -2.08. The Balaban J connectivity index is 1.96. The Labute approximate surface area is 174 Å². The van der Waals surface area contributed by atoms with Gasteiger partial charge in [0.2, 0.25) is 0 Å². The second-order valence-electron chi connectivity index (χ2n) is 4.91. The molecule has 0 heterocycles. The Morgan fingerprint density at radius 3 is 2.72 bits per heavy atom. The molecule has 132 valence electrons. The van der Waals surface area contributed by atoms with Crippen molar-refractivity contribution in [2.45, 2.75) is 6.92 Å². The second kappa shape index (κ2) is 9.02. The molecule has 0 aromatic heterocycles. The molecule has 1 amide bonds. The molecular weight excluding hydrogens is 543 g/mol. The molecule has 0 unspecified atom stereocenters. The first-order valence-corrected chi connectivity index (χ1v) is 9.62. The molecule has 0 aliphatic heterocycles. The number of hydrogen-bond donors (Lipinski definition) is 2. The van der Waals surface area contributed by atoms with Crippen molar-refractivity contribution in [3.63, 3.8) is 0 Å². The molecule has 0 saturated heterocycles. The first-order valence-electron chi connectivity index (χ1n) is 6.87. The predicted molar refractivity (Wildman–Crippen MR) is 109 cm³/mol. The maximum atomic E-state index is 11.8. The molecule has 2 N–H and O–H groups in total. The van der Waals surface area contributed by atoms with Crippen molar-refractivity contribution in [3.05, 3.63) is 53.8 Å². The first kappa shape index (κ1) is 20.2. The van der Waals surface area contributed by atoms with Crippen LogP contribution in [0.3, 0.4) is 0 Å². The Bertz CT molecular complexity index is 844. The maximum Gasteiger partial charge on any atom is 0.277 e. The third-order valence-corrected chi connectivity index (χ3v) is 5.36. The number of aryl methyl sites for hydroxylation is 1. The number of phenolic OH excluding ortho intramolecular Hbond substituents is 1. The van der Waals surface area contributed by atoms with Crippen molar-refractivity contribution in [1.82, 2.24) is 5.43 Å². The zero-order valence-corrected chi connectivity index (χ0v) is 18.3. The Kier molecular flexibility index (Phi) is 7.30. The fourth-order valence-corrected chi connectivity index (χ4v) is 4.38. The summed E-state index contributed by atoms with van der Waals surface area (Å²) in [7, 11) is 0. The van der Waals surface area contributed by atoms with E-state index in [9.17, 15) is 9.90 Å². The number of hydrazone groups is 1. The predicted octanol–water partition coefficient (Wildman–Crippen LogP) is 5.17. The van der Waals surface area contributed by atoms with Crippen molar-refractivity contribution in [2.75, 3.05) is 6.61 Å². The highest BCUT2D eigenvalue weighted by atomic mass is 79.9. The van der Waals surface area contributed by atoms with E-state index in [1.165, 1.54) is 6.21 Å². The third-order valence-electron chi connectivity index (χ3n) is 3.06. The van der Waals surface area contributed by atoms with Crippen LogP contribution in [0.4, 0.5) is 0 Å². The normalized spacial score (nSPS) is 10.9. The number of carbonyl (C=O) groups is 1. The molecule has 2 aromatic rings. The molecule has 5 nitrogen and oxygen atoms in total. The average Bonchev–Trinajstić information content (AvgIpc) is 2.55. The highest BCUT2D eigenvalue weighted by Gasteiger charge is 2.12. The minimum absolute atomic E-state index is 0.0394. The van der Waals surface area contributed by atoms with Gasteiger partial charge in [0.15, 0.2) is 6.61 Å². The Morgan fingerprint density at radius 2 is 2.04 bits per heavy atom. The van der Waals surface area contributed by atoms with Crippen LogP contribution in [0.5, 0.6) is 11.5 Å². The molecule has 25 heavy (non-hydrogen) atoms. The molecule has 0 fully saturated rings. The number of ether oxygens (including phenoxy) is 1. The van der Waals surface area contributed by atoms with Crippen LogP contribution in [-0.4, -0.2) is 23.8 Å². The molecule has 0 atom stereocenters. The van der Waals surface area contributed by atoms with Crippen molar-refractivity contribution in [1.29, 1.82) is 0 Å². The number of phenols is 1. The van der Waals surface area contributed by atoms with Gasteiger partial charge in [-0.05, 0) is 68.6 Å². The summed E-state index contributed by atoms with van der Waals surface area (Å²) < 4.78 is 7.09. The third kappa shape index (κ3) is 5.44. The fraction of sp³-hybridized carbons (Fsp3) is 0.125. The van der Waals surface area contributed by atoms with Gasteiger partial charge in [0.25, 0.3) is 5.91 Å². The van der Waals surface area contributed by atoms with Gasteiger partial charge in [-0.2, -0.15) is 5.10 Å². The molecule has 0 spiro atoms. The molecule has 0 aliphatic rings. The van der Waals surface area contributed by atoms with Crippen LogP contribution in [0.2, 0.25) is 5.02 Å². The molecule has 2 aromatic carbocycles. The largest absolute Gasteiger partial charge is 0.506 e. The smallest absolute Gasteiger partial charge is 0.277 e. The summed E-state index contributed by atoms with van der Waals surface area (Å²) in [6.45, 7) is 1.65. The molecule has 2 rings (SSSR count). The summed E-state index contributed by atoms with van der Waals surface area (Å²) in [5.74, 6) is 0.198. The zero-order chi connectivity index (χ0) is 18.6. The molecule has 0 saturated carbocycles. The topological polar surface area (TPSA) is 70.9 Å². The van der Waals surface area contributed by atoms with Crippen LogP contribution in [0.15, 0.2) is 42.8 Å². The van der Waals surface area contributed by atoms with Crippen molar-refractivity contribution in [3.8, 4) is 11.5 Å². The molecule has 0 radical (unpaired) electrons. The van der Waals surface area contributed by atoms with Crippen LogP contribution in [-0.2, 0) is 4.79 Å². The quantitative estimate of drug-likeness (QED) is 0.395. The number of hydrogen-bond acceptors (Lipinski definition) is 4. The van der Waals surface area contributed by atoms with Crippen LogP contribution in [0.25, 0.3) is 0 Å². The van der Waals surface area contributed by atoms with E-state index in [1.807, 2.05) is 6.92 Å². The number of aromatic hydroxyl groups is 1. The minimum Gasteiger partial charge on any atom is -0.506 e. The van der Waals surface area contributed by atoms with E-state index in [0.29, 0.717) is 29.8 Å². The van der Waals surface area contributed by atoms with Crippen molar-refractivity contribution < 1.29 is 14.6 Å². The maximum absolute atomic E-state index is 11.8. The summed E-state index contributed by atoms with van der Waals surface area (Å²) in [6.07, 6.45) is 1.41. The lowest BCUT2D eigenvalue weighted by atomic mass is 10.2. The van der Waals surface area contributed by atoms with Crippen LogP contribution >= 0.6 is 59.4 Å². The van der Waals surface area contributed by atoms with Gasteiger partial charge in [-0.3, -0.25) is 4.79 Å². The summed E-state index contributed by atoms with van der Waals surface area (Å²) in [6, 6.07) is 6.82. The van der Waals surface area contributed by atoms with Crippen molar-refractivity contribution >= 4 is 71.5 Å². The summed E-state index contributed by atoms with van der Waals surface area (Å²) in [5.41, 5.74) is 3.78. The lowest BCUT2D eigenvalue weighted by Crippen LogP contribution is -2.24. The number of halogens is 4. The van der Waals surface area contributed by atoms with Crippen LogP contribution in [0.1, 0.15) is 11.1 Å². The fourth-order valence-electron chi connectivity index (χ4n) is 1.83. The Hall–Kier alpha value is -1.09. The van der Waals surface area contributed by atoms with Gasteiger partial charge in [-0.15, -0.1) is 0 Å². The van der Waals surface area contributed by atoms with Crippen molar-refractivity contribution in [2.24, 2.45) is 5.10 Å². The SMILES string of the molecule is Cc1cc(Cl)ccc1OCC(=O)N/N=C\c1c(Br)cc(Br)c(O)c1Br. The van der Waals surface area contributed by atoms with Crippen LogP contribution in [0, 0.1) is 6.92 Å². The number of benzene rings is 2. The summed E-state index contributed by atoms with van der Waals surface area (Å²) in [5, 5.41) is 14.4.